The summed E-state index contributed by atoms with van der Waals surface area (Å²) < 4.78 is 5.35. The monoisotopic (exact) mass is 156 g/mol. The zero-order valence-electron chi connectivity index (χ0n) is 7.02. The summed E-state index contributed by atoms with van der Waals surface area (Å²) in [6.07, 6.45) is 1.16. The molecule has 2 aliphatic rings. The van der Waals surface area contributed by atoms with Gasteiger partial charge in [0.2, 0.25) is 0 Å². The molecule has 2 saturated heterocycles. The maximum absolute atomic E-state index is 5.35. The van der Waals surface area contributed by atoms with Crippen LogP contribution in [0.5, 0.6) is 0 Å². The van der Waals surface area contributed by atoms with Crippen molar-refractivity contribution in [2.75, 3.05) is 26.3 Å². The average molecular weight is 156 g/mol. The van der Waals surface area contributed by atoms with Gasteiger partial charge < -0.3 is 15.4 Å². The second kappa shape index (κ2) is 2.73. The van der Waals surface area contributed by atoms with Crippen LogP contribution in [0.15, 0.2) is 0 Å². The molecule has 2 N–H and O–H groups in total. The van der Waals surface area contributed by atoms with E-state index >= 15 is 0 Å². The van der Waals surface area contributed by atoms with E-state index in [1.165, 1.54) is 0 Å². The maximum atomic E-state index is 5.35. The lowest BCUT2D eigenvalue weighted by molar-refractivity contribution is 0.160. The van der Waals surface area contributed by atoms with Crippen LogP contribution in [-0.4, -0.2) is 37.9 Å². The second-order valence-electron chi connectivity index (χ2n) is 3.86. The number of hydrogen-bond acceptors (Lipinski definition) is 3. The lowest BCUT2D eigenvalue weighted by Gasteiger charge is -2.36. The van der Waals surface area contributed by atoms with Crippen LogP contribution >= 0.6 is 0 Å². The van der Waals surface area contributed by atoms with Crippen LogP contribution in [0, 0.1) is 0 Å². The first kappa shape index (κ1) is 7.53. The van der Waals surface area contributed by atoms with Gasteiger partial charge in [-0.25, -0.2) is 0 Å². The molecule has 0 saturated carbocycles. The highest BCUT2D eigenvalue weighted by atomic mass is 16.5. The summed E-state index contributed by atoms with van der Waals surface area (Å²) in [5.41, 5.74) is 0.257. The third-order valence-corrected chi connectivity index (χ3v) is 2.55. The molecule has 0 radical (unpaired) electrons. The normalized spacial score (nSPS) is 39.0. The van der Waals surface area contributed by atoms with Crippen molar-refractivity contribution in [3.05, 3.63) is 0 Å². The van der Waals surface area contributed by atoms with Gasteiger partial charge in [-0.15, -0.1) is 0 Å². The molecule has 0 aromatic carbocycles. The third-order valence-electron chi connectivity index (χ3n) is 2.55. The predicted octanol–water partition coefficient (Wildman–Crippen LogP) is -0.273. The highest BCUT2D eigenvalue weighted by Gasteiger charge is 2.33. The molecule has 0 bridgehead atoms. The summed E-state index contributed by atoms with van der Waals surface area (Å²) in [7, 11) is 0. The highest BCUT2D eigenvalue weighted by Crippen LogP contribution is 2.18. The van der Waals surface area contributed by atoms with Crippen LogP contribution in [0.1, 0.15) is 13.3 Å². The molecule has 0 aromatic heterocycles. The van der Waals surface area contributed by atoms with Crippen molar-refractivity contribution in [1.82, 2.24) is 10.6 Å². The lowest BCUT2D eigenvalue weighted by Crippen LogP contribution is -2.62. The summed E-state index contributed by atoms with van der Waals surface area (Å²) in [4.78, 5) is 0. The molecule has 11 heavy (non-hydrogen) atoms. The first-order chi connectivity index (χ1) is 5.29. The molecule has 3 nitrogen and oxygen atoms in total. The van der Waals surface area contributed by atoms with Crippen molar-refractivity contribution in [2.45, 2.75) is 24.9 Å². The van der Waals surface area contributed by atoms with E-state index in [-0.39, 0.29) is 5.54 Å². The predicted molar refractivity (Wildman–Crippen MR) is 43.6 cm³/mol. The largest absolute Gasteiger partial charge is 0.379 e. The van der Waals surface area contributed by atoms with Gasteiger partial charge in [0.25, 0.3) is 0 Å². The fraction of sp³-hybridized carbons (Fsp3) is 1.00. The Labute approximate surface area is 67.5 Å². The van der Waals surface area contributed by atoms with Gasteiger partial charge in [-0.1, -0.05) is 0 Å². The molecule has 2 aliphatic heterocycles. The molecular formula is C8H16N2O. The Balaban J connectivity index is 1.82. The van der Waals surface area contributed by atoms with E-state index in [4.69, 9.17) is 4.74 Å². The van der Waals surface area contributed by atoms with E-state index in [2.05, 4.69) is 17.6 Å². The van der Waals surface area contributed by atoms with Crippen molar-refractivity contribution in [2.24, 2.45) is 0 Å². The van der Waals surface area contributed by atoms with Gasteiger partial charge in [0.05, 0.1) is 6.61 Å². The Morgan fingerprint density at radius 3 is 2.82 bits per heavy atom. The lowest BCUT2D eigenvalue weighted by atomic mass is 9.99. The van der Waals surface area contributed by atoms with Crippen LogP contribution in [0.3, 0.4) is 0 Å². The SMILES string of the molecule is CC1(NC2CNC2)CCOC1. The van der Waals surface area contributed by atoms with Crippen LogP contribution in [0.4, 0.5) is 0 Å². The van der Waals surface area contributed by atoms with Gasteiger partial charge >= 0.3 is 0 Å². The van der Waals surface area contributed by atoms with E-state index in [1.807, 2.05) is 0 Å². The molecule has 0 aromatic rings. The van der Waals surface area contributed by atoms with Crippen LogP contribution in [-0.2, 0) is 4.74 Å². The second-order valence-corrected chi connectivity index (χ2v) is 3.86. The first-order valence-corrected chi connectivity index (χ1v) is 4.35. The minimum atomic E-state index is 0.257. The van der Waals surface area contributed by atoms with Crippen molar-refractivity contribution < 1.29 is 4.74 Å². The zero-order valence-corrected chi connectivity index (χ0v) is 7.02. The summed E-state index contributed by atoms with van der Waals surface area (Å²) in [5, 5.41) is 6.85. The fourth-order valence-electron chi connectivity index (χ4n) is 1.66. The molecule has 1 atom stereocenters. The molecule has 0 spiro atoms. The van der Waals surface area contributed by atoms with Crippen molar-refractivity contribution in [3.63, 3.8) is 0 Å². The molecule has 1 unspecified atom stereocenters. The maximum Gasteiger partial charge on any atom is 0.0646 e. The fourth-order valence-corrected chi connectivity index (χ4v) is 1.66. The van der Waals surface area contributed by atoms with Gasteiger partial charge in [0.15, 0.2) is 0 Å². The van der Waals surface area contributed by atoms with Crippen LogP contribution in [0.25, 0.3) is 0 Å². The van der Waals surface area contributed by atoms with Crippen molar-refractivity contribution >= 4 is 0 Å². The molecular weight excluding hydrogens is 140 g/mol. The number of hydrogen-bond donors (Lipinski definition) is 2. The molecule has 64 valence electrons. The van der Waals surface area contributed by atoms with Gasteiger partial charge in [0, 0.05) is 31.3 Å². The van der Waals surface area contributed by atoms with E-state index in [0.717, 1.165) is 32.7 Å². The number of nitrogens with one attached hydrogen (secondary N) is 2. The minimum absolute atomic E-state index is 0.257. The molecule has 3 heteroatoms. The highest BCUT2D eigenvalue weighted by molar-refractivity contribution is 4.94. The van der Waals surface area contributed by atoms with E-state index in [0.29, 0.717) is 6.04 Å². The molecule has 0 amide bonds. The van der Waals surface area contributed by atoms with E-state index in [1.54, 1.807) is 0 Å². The Kier molecular flexibility index (Phi) is 1.87. The number of ether oxygens (including phenoxy) is 1. The molecule has 2 fully saturated rings. The van der Waals surface area contributed by atoms with Gasteiger partial charge in [0.1, 0.15) is 0 Å². The van der Waals surface area contributed by atoms with Gasteiger partial charge in [-0.05, 0) is 13.3 Å². The number of rotatable bonds is 2. The molecule has 2 rings (SSSR count). The Morgan fingerprint density at radius 1 is 1.55 bits per heavy atom. The molecule has 0 aliphatic carbocycles. The Morgan fingerprint density at radius 2 is 2.36 bits per heavy atom. The van der Waals surface area contributed by atoms with Crippen molar-refractivity contribution in [1.29, 1.82) is 0 Å². The summed E-state index contributed by atoms with van der Waals surface area (Å²) in [6.45, 7) is 6.29. The molecule has 2 heterocycles. The third kappa shape index (κ3) is 1.55. The van der Waals surface area contributed by atoms with Gasteiger partial charge in [-0.2, -0.15) is 0 Å². The smallest absolute Gasteiger partial charge is 0.0646 e. The summed E-state index contributed by atoms with van der Waals surface area (Å²) in [5.74, 6) is 0. The Bertz CT molecular complexity index is 139. The average Bonchev–Trinajstić information content (AvgIpc) is 2.29. The Hall–Kier alpha value is -0.120. The van der Waals surface area contributed by atoms with E-state index < -0.39 is 0 Å². The van der Waals surface area contributed by atoms with Crippen molar-refractivity contribution in [3.8, 4) is 0 Å². The van der Waals surface area contributed by atoms with Crippen LogP contribution < -0.4 is 10.6 Å². The topological polar surface area (TPSA) is 33.3 Å². The zero-order chi connectivity index (χ0) is 7.73. The summed E-state index contributed by atoms with van der Waals surface area (Å²) >= 11 is 0. The van der Waals surface area contributed by atoms with Gasteiger partial charge in [-0.3, -0.25) is 0 Å². The minimum Gasteiger partial charge on any atom is -0.379 e. The van der Waals surface area contributed by atoms with Crippen LogP contribution in [0.2, 0.25) is 0 Å². The standard InChI is InChI=1S/C8H16N2O/c1-8(2-3-11-6-8)10-7-4-9-5-7/h7,9-10H,2-6H2,1H3. The quantitative estimate of drug-likeness (QED) is 0.577. The van der Waals surface area contributed by atoms with E-state index in [9.17, 15) is 0 Å². The summed E-state index contributed by atoms with van der Waals surface area (Å²) in [6, 6.07) is 0.682. The first-order valence-electron chi connectivity index (χ1n) is 4.35.